The number of likely N-dealkylation sites (N-methyl/N-ethyl adjacent to an activating group) is 1. The Balaban J connectivity index is 1.98. The number of benzene rings is 1. The zero-order valence-electron chi connectivity index (χ0n) is 12.8. The van der Waals surface area contributed by atoms with Crippen molar-refractivity contribution in [3.8, 4) is 0 Å². The van der Waals surface area contributed by atoms with Crippen LogP contribution in [-0.2, 0) is 7.05 Å². The average Bonchev–Trinajstić information content (AvgIpc) is 2.79. The fourth-order valence-electron chi connectivity index (χ4n) is 3.24. The smallest absolute Gasteiger partial charge is 0.196 e. The maximum atomic E-state index is 12.9. The molecule has 0 saturated carbocycles. The first kappa shape index (κ1) is 14.3. The highest BCUT2D eigenvalue weighted by molar-refractivity contribution is 6.03. The van der Waals surface area contributed by atoms with Crippen LogP contribution in [-0.4, -0.2) is 45.6 Å². The molecule has 0 aliphatic carbocycles. The Morgan fingerprint density at radius 2 is 2.05 bits per heavy atom. The number of hydrogen-bond donors (Lipinski definition) is 1. The monoisotopic (exact) mass is 286 g/mol. The number of likely N-dealkylation sites (tertiary alicyclic amines) is 1. The molecule has 2 unspecified atom stereocenters. The van der Waals surface area contributed by atoms with Crippen molar-refractivity contribution < 1.29 is 9.90 Å². The van der Waals surface area contributed by atoms with E-state index in [0.29, 0.717) is 18.5 Å². The molecule has 1 aromatic heterocycles. The second kappa shape index (κ2) is 4.97. The molecule has 1 aliphatic rings. The lowest BCUT2D eigenvalue weighted by atomic mass is 9.86. The van der Waals surface area contributed by atoms with E-state index < -0.39 is 5.60 Å². The number of fused-ring (bicyclic) bond motifs is 1. The number of nitrogens with zero attached hydrogens (tertiary/aromatic N) is 2. The number of Topliss-reactive ketones (excluding diaryl/α,β-unsaturated/α-hetero) is 1. The summed E-state index contributed by atoms with van der Waals surface area (Å²) >= 11 is 0. The van der Waals surface area contributed by atoms with Crippen LogP contribution in [0.25, 0.3) is 10.9 Å². The molecule has 1 fully saturated rings. The van der Waals surface area contributed by atoms with E-state index in [-0.39, 0.29) is 11.8 Å². The van der Waals surface area contributed by atoms with E-state index in [9.17, 15) is 9.90 Å². The molecular formula is C17H22N2O2. The number of ketones is 1. The molecule has 2 aromatic rings. The van der Waals surface area contributed by atoms with Crippen LogP contribution in [0, 0.1) is 0 Å². The largest absolute Gasteiger partial charge is 0.390 e. The third-order valence-corrected chi connectivity index (χ3v) is 4.68. The van der Waals surface area contributed by atoms with Gasteiger partial charge in [-0.3, -0.25) is 9.69 Å². The van der Waals surface area contributed by atoms with Gasteiger partial charge in [0.15, 0.2) is 5.78 Å². The normalized spacial score (nSPS) is 27.1. The third kappa shape index (κ3) is 2.49. The van der Waals surface area contributed by atoms with Gasteiger partial charge in [0.1, 0.15) is 0 Å². The van der Waals surface area contributed by atoms with Gasteiger partial charge in [0.25, 0.3) is 0 Å². The maximum absolute atomic E-state index is 12.9. The number of aryl methyl sites for hydroxylation is 1. The van der Waals surface area contributed by atoms with Crippen LogP contribution in [0.1, 0.15) is 30.3 Å². The summed E-state index contributed by atoms with van der Waals surface area (Å²) in [5.41, 5.74) is 1.02. The van der Waals surface area contributed by atoms with E-state index in [1.807, 2.05) is 55.9 Å². The fraction of sp³-hybridized carbons (Fsp3) is 0.471. The molecule has 2 atom stereocenters. The molecule has 1 aliphatic heterocycles. The highest BCUT2D eigenvalue weighted by Gasteiger charge is 2.38. The van der Waals surface area contributed by atoms with Crippen LogP contribution in [0.2, 0.25) is 0 Å². The third-order valence-electron chi connectivity index (χ3n) is 4.68. The molecule has 0 bridgehead atoms. The molecule has 1 saturated heterocycles. The molecule has 21 heavy (non-hydrogen) atoms. The van der Waals surface area contributed by atoms with Crippen molar-refractivity contribution in [1.29, 1.82) is 0 Å². The van der Waals surface area contributed by atoms with Crippen LogP contribution >= 0.6 is 0 Å². The Morgan fingerprint density at radius 1 is 1.33 bits per heavy atom. The number of hydrogen-bond acceptors (Lipinski definition) is 3. The van der Waals surface area contributed by atoms with Gasteiger partial charge in [-0.15, -0.1) is 0 Å². The lowest BCUT2D eigenvalue weighted by molar-refractivity contribution is -0.0203. The summed E-state index contributed by atoms with van der Waals surface area (Å²) in [4.78, 5) is 15.0. The summed E-state index contributed by atoms with van der Waals surface area (Å²) in [6, 6.07) is 9.70. The van der Waals surface area contributed by atoms with Crippen LogP contribution in [0.15, 0.2) is 30.3 Å². The molecule has 1 aromatic carbocycles. The summed E-state index contributed by atoms with van der Waals surface area (Å²) in [6.45, 7) is 2.56. The average molecular weight is 286 g/mol. The second-order valence-corrected chi connectivity index (χ2v) is 6.46. The molecule has 2 heterocycles. The van der Waals surface area contributed by atoms with E-state index >= 15 is 0 Å². The van der Waals surface area contributed by atoms with Gasteiger partial charge in [0.05, 0.1) is 17.3 Å². The fourth-order valence-corrected chi connectivity index (χ4v) is 3.24. The van der Waals surface area contributed by atoms with E-state index in [1.165, 1.54) is 0 Å². The Labute approximate surface area is 125 Å². The van der Waals surface area contributed by atoms with E-state index in [4.69, 9.17) is 0 Å². The van der Waals surface area contributed by atoms with Crippen LogP contribution in [0.4, 0.5) is 0 Å². The Hall–Kier alpha value is -1.65. The molecule has 1 N–H and O–H groups in total. The topological polar surface area (TPSA) is 45.5 Å². The van der Waals surface area contributed by atoms with Gasteiger partial charge in [-0.1, -0.05) is 18.2 Å². The second-order valence-electron chi connectivity index (χ2n) is 6.46. The van der Waals surface area contributed by atoms with Gasteiger partial charge < -0.3 is 9.67 Å². The van der Waals surface area contributed by atoms with E-state index in [0.717, 1.165) is 17.4 Å². The number of rotatable bonds is 2. The highest BCUT2D eigenvalue weighted by atomic mass is 16.3. The van der Waals surface area contributed by atoms with Crippen molar-refractivity contribution in [1.82, 2.24) is 9.47 Å². The molecule has 112 valence electrons. The summed E-state index contributed by atoms with van der Waals surface area (Å²) in [5.74, 6) is 0.0937. The first-order chi connectivity index (χ1) is 9.89. The number of carbonyl (C=O) groups excluding carboxylic acids is 1. The summed E-state index contributed by atoms with van der Waals surface area (Å²) in [7, 11) is 3.89. The Morgan fingerprint density at radius 3 is 2.76 bits per heavy atom. The van der Waals surface area contributed by atoms with Gasteiger partial charge in [-0.2, -0.15) is 0 Å². The van der Waals surface area contributed by atoms with Crippen LogP contribution in [0.3, 0.4) is 0 Å². The van der Waals surface area contributed by atoms with E-state index in [2.05, 4.69) is 4.90 Å². The Kier molecular flexibility index (Phi) is 3.38. The maximum Gasteiger partial charge on any atom is 0.196 e. The summed E-state index contributed by atoms with van der Waals surface area (Å²) in [5, 5.41) is 11.4. The van der Waals surface area contributed by atoms with Crippen molar-refractivity contribution in [2.75, 3.05) is 13.6 Å². The predicted molar refractivity (Wildman–Crippen MR) is 83.5 cm³/mol. The molecule has 0 radical (unpaired) electrons. The molecule has 3 rings (SSSR count). The quantitative estimate of drug-likeness (QED) is 0.861. The number of carbonyl (C=O) groups is 1. The van der Waals surface area contributed by atoms with Crippen molar-refractivity contribution in [3.05, 3.63) is 36.0 Å². The van der Waals surface area contributed by atoms with Crippen LogP contribution < -0.4 is 0 Å². The van der Waals surface area contributed by atoms with Crippen molar-refractivity contribution in [2.45, 2.75) is 31.4 Å². The number of piperidine rings is 1. The lowest BCUT2D eigenvalue weighted by Crippen LogP contribution is -2.51. The van der Waals surface area contributed by atoms with E-state index in [1.54, 1.807) is 0 Å². The van der Waals surface area contributed by atoms with Crippen molar-refractivity contribution >= 4 is 16.7 Å². The molecule has 0 amide bonds. The van der Waals surface area contributed by atoms with Crippen molar-refractivity contribution in [3.63, 3.8) is 0 Å². The standard InChI is InChI=1S/C17H22N2O2/c1-17(21)8-9-18(2)15(11-17)16(20)14-10-12-6-4-5-7-13(12)19(14)3/h4-7,10,15,21H,8-9,11H2,1-3H3. The Bertz CT molecular complexity index is 687. The number of aliphatic hydroxyl groups is 1. The van der Waals surface area contributed by atoms with Gasteiger partial charge in [0.2, 0.25) is 0 Å². The summed E-state index contributed by atoms with van der Waals surface area (Å²) in [6.07, 6.45) is 1.20. The summed E-state index contributed by atoms with van der Waals surface area (Å²) < 4.78 is 1.95. The molecule has 4 heteroatoms. The van der Waals surface area contributed by atoms with Gasteiger partial charge in [-0.25, -0.2) is 0 Å². The molecule has 0 spiro atoms. The first-order valence-electron chi connectivity index (χ1n) is 7.40. The zero-order chi connectivity index (χ0) is 15.2. The predicted octanol–water partition coefficient (Wildman–Crippen LogP) is 2.21. The molecular weight excluding hydrogens is 264 g/mol. The lowest BCUT2D eigenvalue weighted by Gasteiger charge is -2.39. The molecule has 4 nitrogen and oxygen atoms in total. The minimum atomic E-state index is -0.753. The number of aromatic nitrogens is 1. The minimum absolute atomic E-state index is 0.0937. The van der Waals surface area contributed by atoms with Crippen molar-refractivity contribution in [2.24, 2.45) is 7.05 Å². The number of para-hydroxylation sites is 1. The van der Waals surface area contributed by atoms with Crippen LogP contribution in [0.5, 0.6) is 0 Å². The highest BCUT2D eigenvalue weighted by Crippen LogP contribution is 2.29. The van der Waals surface area contributed by atoms with Gasteiger partial charge in [0, 0.05) is 24.5 Å². The SMILES string of the molecule is CN1CCC(C)(O)CC1C(=O)c1cc2ccccc2n1C. The van der Waals surface area contributed by atoms with Gasteiger partial charge >= 0.3 is 0 Å². The van der Waals surface area contributed by atoms with Gasteiger partial charge in [-0.05, 0) is 38.9 Å². The first-order valence-corrected chi connectivity index (χ1v) is 7.40. The minimum Gasteiger partial charge on any atom is -0.390 e. The zero-order valence-corrected chi connectivity index (χ0v) is 12.8.